The van der Waals surface area contributed by atoms with Crippen molar-refractivity contribution in [1.82, 2.24) is 10.2 Å². The van der Waals surface area contributed by atoms with Crippen LogP contribution in [0.4, 0.5) is 14.6 Å². The zero-order valence-electron chi connectivity index (χ0n) is 10.7. The number of aromatic nitrogens is 2. The van der Waals surface area contributed by atoms with E-state index in [9.17, 15) is 8.78 Å². The van der Waals surface area contributed by atoms with E-state index in [0.29, 0.717) is 16.8 Å². The summed E-state index contributed by atoms with van der Waals surface area (Å²) in [5.74, 6) is -1.14. The average Bonchev–Trinajstić information content (AvgIpc) is 2.80. The van der Waals surface area contributed by atoms with Gasteiger partial charge in [-0.05, 0) is 23.8 Å². The van der Waals surface area contributed by atoms with Gasteiger partial charge in [0.15, 0.2) is 5.82 Å². The van der Waals surface area contributed by atoms with Gasteiger partial charge in [-0.25, -0.2) is 8.78 Å². The molecule has 3 aromatic rings. The van der Waals surface area contributed by atoms with E-state index in [2.05, 4.69) is 26.1 Å². The SMILES string of the molecule is Nc1n[nH]c(-c2ccccc2Br)c1-c1cc(F)cc(F)c1. The summed E-state index contributed by atoms with van der Waals surface area (Å²) < 4.78 is 27.7. The fourth-order valence-electron chi connectivity index (χ4n) is 2.21. The Labute approximate surface area is 127 Å². The van der Waals surface area contributed by atoms with Crippen molar-refractivity contribution < 1.29 is 8.78 Å². The fraction of sp³-hybridized carbons (Fsp3) is 0. The van der Waals surface area contributed by atoms with Crippen molar-refractivity contribution in [2.75, 3.05) is 5.73 Å². The topological polar surface area (TPSA) is 54.7 Å². The minimum Gasteiger partial charge on any atom is -0.382 e. The maximum Gasteiger partial charge on any atom is 0.153 e. The minimum absolute atomic E-state index is 0.186. The fourth-order valence-corrected chi connectivity index (χ4v) is 2.69. The van der Waals surface area contributed by atoms with Crippen molar-refractivity contribution in [3.8, 4) is 22.4 Å². The highest BCUT2D eigenvalue weighted by molar-refractivity contribution is 9.10. The molecule has 3 N–H and O–H groups in total. The summed E-state index contributed by atoms with van der Waals surface area (Å²) in [7, 11) is 0. The van der Waals surface area contributed by atoms with Crippen LogP contribution in [0.5, 0.6) is 0 Å². The van der Waals surface area contributed by atoms with Gasteiger partial charge in [0.25, 0.3) is 0 Å². The number of anilines is 1. The highest BCUT2D eigenvalue weighted by atomic mass is 79.9. The third-order valence-electron chi connectivity index (χ3n) is 3.09. The molecule has 0 aliphatic rings. The molecule has 21 heavy (non-hydrogen) atoms. The van der Waals surface area contributed by atoms with E-state index in [1.165, 1.54) is 12.1 Å². The van der Waals surface area contributed by atoms with Gasteiger partial charge in [0.2, 0.25) is 0 Å². The molecule has 6 heteroatoms. The number of H-pyrrole nitrogens is 1. The van der Waals surface area contributed by atoms with Gasteiger partial charge in [-0.2, -0.15) is 5.10 Å². The third-order valence-corrected chi connectivity index (χ3v) is 3.78. The minimum atomic E-state index is -0.663. The van der Waals surface area contributed by atoms with Gasteiger partial charge in [-0.3, -0.25) is 5.10 Å². The second-order valence-electron chi connectivity index (χ2n) is 4.50. The van der Waals surface area contributed by atoms with Gasteiger partial charge >= 0.3 is 0 Å². The van der Waals surface area contributed by atoms with E-state index >= 15 is 0 Å². The molecule has 0 unspecified atom stereocenters. The molecule has 3 nitrogen and oxygen atoms in total. The van der Waals surface area contributed by atoms with Crippen molar-refractivity contribution in [3.63, 3.8) is 0 Å². The highest BCUT2D eigenvalue weighted by Gasteiger charge is 2.17. The Morgan fingerprint density at radius 2 is 1.71 bits per heavy atom. The largest absolute Gasteiger partial charge is 0.382 e. The van der Waals surface area contributed by atoms with Gasteiger partial charge in [-0.1, -0.05) is 34.1 Å². The normalized spacial score (nSPS) is 10.8. The maximum absolute atomic E-state index is 13.4. The predicted octanol–water partition coefficient (Wildman–Crippen LogP) is 4.37. The smallest absolute Gasteiger partial charge is 0.153 e. The number of nitrogens with zero attached hydrogens (tertiary/aromatic N) is 1. The zero-order valence-corrected chi connectivity index (χ0v) is 12.3. The maximum atomic E-state index is 13.4. The van der Waals surface area contributed by atoms with E-state index in [0.717, 1.165) is 16.1 Å². The lowest BCUT2D eigenvalue weighted by molar-refractivity contribution is 0.584. The molecule has 0 saturated heterocycles. The predicted molar refractivity (Wildman–Crippen MR) is 81.5 cm³/mol. The van der Waals surface area contributed by atoms with Crippen molar-refractivity contribution in [2.45, 2.75) is 0 Å². The molecule has 0 fully saturated rings. The summed E-state index contributed by atoms with van der Waals surface area (Å²) in [5, 5.41) is 6.78. The molecule has 0 aliphatic heterocycles. The van der Waals surface area contributed by atoms with Crippen molar-refractivity contribution in [2.24, 2.45) is 0 Å². The molecule has 2 aromatic carbocycles. The average molecular weight is 350 g/mol. The number of benzene rings is 2. The summed E-state index contributed by atoms with van der Waals surface area (Å²) in [5.41, 5.74) is 8.08. The molecular formula is C15H10BrF2N3. The summed E-state index contributed by atoms with van der Waals surface area (Å²) in [6.07, 6.45) is 0. The van der Waals surface area contributed by atoms with Crippen LogP contribution < -0.4 is 5.73 Å². The van der Waals surface area contributed by atoms with E-state index in [-0.39, 0.29) is 5.82 Å². The van der Waals surface area contributed by atoms with E-state index in [1.54, 1.807) is 0 Å². The molecule has 1 heterocycles. The Balaban J connectivity index is 2.25. The second kappa shape index (κ2) is 5.29. The van der Waals surface area contributed by atoms with Crippen molar-refractivity contribution in [1.29, 1.82) is 0 Å². The molecule has 1 aromatic heterocycles. The summed E-state index contributed by atoms with van der Waals surface area (Å²) in [6, 6.07) is 10.7. The summed E-state index contributed by atoms with van der Waals surface area (Å²) in [4.78, 5) is 0. The van der Waals surface area contributed by atoms with Gasteiger partial charge < -0.3 is 5.73 Å². The highest BCUT2D eigenvalue weighted by Crippen LogP contribution is 2.38. The van der Waals surface area contributed by atoms with Crippen LogP contribution in [0.1, 0.15) is 0 Å². The first kappa shape index (κ1) is 13.8. The van der Waals surface area contributed by atoms with Crippen LogP contribution in [0.2, 0.25) is 0 Å². The van der Waals surface area contributed by atoms with E-state index in [4.69, 9.17) is 5.73 Å². The van der Waals surface area contributed by atoms with Crippen LogP contribution in [0, 0.1) is 11.6 Å². The first-order valence-electron chi connectivity index (χ1n) is 6.11. The van der Waals surface area contributed by atoms with Crippen LogP contribution >= 0.6 is 15.9 Å². The molecule has 3 rings (SSSR count). The van der Waals surface area contributed by atoms with Gasteiger partial charge in [0.05, 0.1) is 11.3 Å². The molecule has 0 amide bonds. The monoisotopic (exact) mass is 349 g/mol. The van der Waals surface area contributed by atoms with E-state index < -0.39 is 11.6 Å². The standard InChI is InChI=1S/C15H10BrF2N3/c16-12-4-2-1-3-11(12)14-13(15(19)21-20-14)8-5-9(17)7-10(18)6-8/h1-7H,(H3,19,20,21). The molecule has 0 spiro atoms. The van der Waals surface area contributed by atoms with Crippen LogP contribution in [-0.2, 0) is 0 Å². The van der Waals surface area contributed by atoms with Crippen LogP contribution in [-0.4, -0.2) is 10.2 Å². The van der Waals surface area contributed by atoms with Crippen molar-refractivity contribution >= 4 is 21.7 Å². The van der Waals surface area contributed by atoms with Crippen LogP contribution in [0.3, 0.4) is 0 Å². The van der Waals surface area contributed by atoms with Crippen molar-refractivity contribution in [3.05, 3.63) is 58.6 Å². The lowest BCUT2D eigenvalue weighted by atomic mass is 10.0. The number of rotatable bonds is 2. The number of aromatic amines is 1. The Morgan fingerprint density at radius 3 is 2.38 bits per heavy atom. The molecular weight excluding hydrogens is 340 g/mol. The number of hydrogen-bond acceptors (Lipinski definition) is 2. The number of nitrogens with one attached hydrogen (secondary N) is 1. The quantitative estimate of drug-likeness (QED) is 0.721. The Morgan fingerprint density at radius 1 is 1.05 bits per heavy atom. The van der Waals surface area contributed by atoms with Gasteiger partial charge in [0, 0.05) is 16.1 Å². The number of hydrogen-bond donors (Lipinski definition) is 2. The third kappa shape index (κ3) is 2.54. The molecule has 0 atom stereocenters. The molecule has 0 bridgehead atoms. The zero-order chi connectivity index (χ0) is 15.0. The molecule has 106 valence electrons. The summed E-state index contributed by atoms with van der Waals surface area (Å²) in [6.45, 7) is 0. The lowest BCUT2D eigenvalue weighted by Crippen LogP contribution is -1.91. The number of halogens is 3. The van der Waals surface area contributed by atoms with Gasteiger partial charge in [-0.15, -0.1) is 0 Å². The Bertz CT molecular complexity index is 794. The van der Waals surface area contributed by atoms with Crippen LogP contribution in [0.25, 0.3) is 22.4 Å². The summed E-state index contributed by atoms with van der Waals surface area (Å²) >= 11 is 3.44. The number of nitrogen functional groups attached to an aromatic ring is 1. The second-order valence-corrected chi connectivity index (χ2v) is 5.35. The van der Waals surface area contributed by atoms with E-state index in [1.807, 2.05) is 24.3 Å². The first-order valence-corrected chi connectivity index (χ1v) is 6.91. The molecule has 0 aliphatic carbocycles. The van der Waals surface area contributed by atoms with Gasteiger partial charge in [0.1, 0.15) is 11.6 Å². The lowest BCUT2D eigenvalue weighted by Gasteiger charge is -2.07. The Hall–Kier alpha value is -2.21. The van der Waals surface area contributed by atoms with Crippen LogP contribution in [0.15, 0.2) is 46.9 Å². The Kier molecular flexibility index (Phi) is 3.47. The number of nitrogens with two attached hydrogens (primary N) is 1. The first-order chi connectivity index (χ1) is 10.1. The molecule has 0 saturated carbocycles. The molecule has 0 radical (unpaired) electrons.